The zero-order valence-electron chi connectivity index (χ0n) is 9.70. The van der Waals surface area contributed by atoms with E-state index in [2.05, 4.69) is 27.1 Å². The Hall–Kier alpha value is -1.46. The first-order chi connectivity index (χ1) is 8.79. The van der Waals surface area contributed by atoms with Gasteiger partial charge in [0, 0.05) is 6.61 Å². The molecule has 1 aliphatic carbocycles. The third kappa shape index (κ3) is 1.89. The smallest absolute Gasteiger partial charge is 0.165 e. The van der Waals surface area contributed by atoms with Crippen molar-refractivity contribution in [2.45, 2.75) is 18.9 Å². The molecule has 2 aromatic rings. The predicted octanol–water partition coefficient (Wildman–Crippen LogP) is 1.98. The van der Waals surface area contributed by atoms with Crippen molar-refractivity contribution < 1.29 is 5.11 Å². The number of halogens is 1. The SMILES string of the molecule is OC[C@@H]1CC=C[C@@H](n2cnc3c(Cl)ncnc32)C1. The van der Waals surface area contributed by atoms with Gasteiger partial charge in [0.1, 0.15) is 11.8 Å². The lowest BCUT2D eigenvalue weighted by atomic mass is 9.91. The topological polar surface area (TPSA) is 63.8 Å². The summed E-state index contributed by atoms with van der Waals surface area (Å²) in [6, 6.07) is 0.173. The van der Waals surface area contributed by atoms with E-state index in [4.69, 9.17) is 11.6 Å². The van der Waals surface area contributed by atoms with Gasteiger partial charge < -0.3 is 9.67 Å². The van der Waals surface area contributed by atoms with E-state index in [-0.39, 0.29) is 12.6 Å². The maximum absolute atomic E-state index is 9.26. The van der Waals surface area contributed by atoms with Crippen LogP contribution in [0.25, 0.3) is 11.2 Å². The monoisotopic (exact) mass is 264 g/mol. The van der Waals surface area contributed by atoms with Crippen molar-refractivity contribution in [1.82, 2.24) is 19.5 Å². The normalized spacial score (nSPS) is 23.7. The van der Waals surface area contributed by atoms with E-state index < -0.39 is 0 Å². The fourth-order valence-corrected chi connectivity index (χ4v) is 2.54. The summed E-state index contributed by atoms with van der Waals surface area (Å²) in [7, 11) is 0. The minimum absolute atomic E-state index is 0.173. The molecule has 0 saturated carbocycles. The number of nitrogens with zero attached hydrogens (tertiary/aromatic N) is 4. The van der Waals surface area contributed by atoms with Crippen LogP contribution in [0.5, 0.6) is 0 Å². The van der Waals surface area contributed by atoms with Gasteiger partial charge >= 0.3 is 0 Å². The molecule has 0 unspecified atom stereocenters. The Labute approximate surface area is 109 Å². The summed E-state index contributed by atoms with van der Waals surface area (Å²) >= 11 is 5.98. The average molecular weight is 265 g/mol. The van der Waals surface area contributed by atoms with Crippen molar-refractivity contribution in [3.8, 4) is 0 Å². The van der Waals surface area contributed by atoms with Crippen molar-refractivity contribution >= 4 is 22.8 Å². The van der Waals surface area contributed by atoms with Gasteiger partial charge in [0.05, 0.1) is 12.4 Å². The number of fused-ring (bicyclic) bond motifs is 1. The highest BCUT2D eigenvalue weighted by Gasteiger charge is 2.21. The third-order valence-corrected chi connectivity index (χ3v) is 3.61. The van der Waals surface area contributed by atoms with Crippen LogP contribution in [-0.2, 0) is 0 Å². The number of allylic oxidation sites excluding steroid dienone is 2. The number of hydrogen-bond donors (Lipinski definition) is 1. The van der Waals surface area contributed by atoms with Crippen LogP contribution in [0.3, 0.4) is 0 Å². The molecule has 94 valence electrons. The molecule has 0 bridgehead atoms. The Morgan fingerprint density at radius 1 is 1.39 bits per heavy atom. The van der Waals surface area contributed by atoms with Crippen LogP contribution in [-0.4, -0.2) is 31.2 Å². The molecule has 5 nitrogen and oxygen atoms in total. The largest absolute Gasteiger partial charge is 0.396 e. The lowest BCUT2D eigenvalue weighted by Gasteiger charge is -2.24. The summed E-state index contributed by atoms with van der Waals surface area (Å²) in [4.78, 5) is 12.4. The number of hydrogen-bond acceptors (Lipinski definition) is 4. The maximum Gasteiger partial charge on any atom is 0.165 e. The van der Waals surface area contributed by atoms with E-state index in [9.17, 15) is 5.11 Å². The van der Waals surface area contributed by atoms with Gasteiger partial charge in [-0.25, -0.2) is 15.0 Å². The maximum atomic E-state index is 9.26. The van der Waals surface area contributed by atoms with Crippen molar-refractivity contribution in [1.29, 1.82) is 0 Å². The molecule has 6 heteroatoms. The van der Waals surface area contributed by atoms with E-state index in [0.29, 0.717) is 16.6 Å². The first-order valence-electron chi connectivity index (χ1n) is 5.90. The van der Waals surface area contributed by atoms with E-state index in [1.807, 2.05) is 4.57 Å². The molecule has 18 heavy (non-hydrogen) atoms. The molecule has 0 aliphatic heterocycles. The lowest BCUT2D eigenvalue weighted by molar-refractivity contribution is 0.204. The van der Waals surface area contributed by atoms with Gasteiger partial charge in [0.25, 0.3) is 0 Å². The summed E-state index contributed by atoms with van der Waals surface area (Å²) in [6.45, 7) is 0.212. The molecule has 0 radical (unpaired) electrons. The second kappa shape index (κ2) is 4.66. The Kier molecular flexibility index (Phi) is 3.01. The summed E-state index contributed by atoms with van der Waals surface area (Å²) in [6.07, 6.45) is 9.22. The van der Waals surface area contributed by atoms with Crippen LogP contribution in [0.2, 0.25) is 5.15 Å². The molecule has 1 N–H and O–H groups in total. The van der Waals surface area contributed by atoms with Crippen molar-refractivity contribution in [2.75, 3.05) is 6.61 Å². The van der Waals surface area contributed by atoms with Gasteiger partial charge in [-0.05, 0) is 18.8 Å². The molecule has 0 saturated heterocycles. The van der Waals surface area contributed by atoms with Gasteiger partial charge in [-0.15, -0.1) is 0 Å². The summed E-state index contributed by atoms with van der Waals surface area (Å²) in [5, 5.41) is 9.63. The minimum atomic E-state index is 0.173. The highest BCUT2D eigenvalue weighted by atomic mass is 35.5. The van der Waals surface area contributed by atoms with E-state index in [1.165, 1.54) is 6.33 Å². The molecule has 2 aromatic heterocycles. The third-order valence-electron chi connectivity index (χ3n) is 3.33. The first kappa shape index (κ1) is 11.6. The Balaban J connectivity index is 2.02. The molecule has 2 heterocycles. The van der Waals surface area contributed by atoms with Crippen molar-refractivity contribution in [3.63, 3.8) is 0 Å². The molecule has 0 spiro atoms. The summed E-state index contributed by atoms with van der Waals surface area (Å²) in [5.74, 6) is 0.301. The lowest BCUT2D eigenvalue weighted by Crippen LogP contribution is -2.17. The van der Waals surface area contributed by atoms with E-state index in [0.717, 1.165) is 18.5 Å². The molecule has 0 fully saturated rings. The highest BCUT2D eigenvalue weighted by molar-refractivity contribution is 6.33. The number of aliphatic hydroxyl groups is 1. The summed E-state index contributed by atoms with van der Waals surface area (Å²) in [5.41, 5.74) is 1.36. The molecule has 0 aromatic carbocycles. The summed E-state index contributed by atoms with van der Waals surface area (Å²) < 4.78 is 1.99. The fourth-order valence-electron chi connectivity index (χ4n) is 2.37. The van der Waals surface area contributed by atoms with Gasteiger partial charge in [-0.3, -0.25) is 0 Å². The fraction of sp³-hybridized carbons (Fsp3) is 0.417. The molecule has 3 rings (SSSR count). The van der Waals surface area contributed by atoms with Crippen LogP contribution in [0.4, 0.5) is 0 Å². The molecule has 0 amide bonds. The van der Waals surface area contributed by atoms with Gasteiger partial charge in [-0.1, -0.05) is 23.8 Å². The quantitative estimate of drug-likeness (QED) is 0.665. The molecular formula is C12H13ClN4O. The Bertz CT molecular complexity index is 595. The number of rotatable bonds is 2. The average Bonchev–Trinajstić information content (AvgIpc) is 2.84. The standard InChI is InChI=1S/C12H13ClN4O/c13-11-10-12(15-6-14-11)17(7-16-10)9-3-1-2-8(4-9)5-18/h1,3,6-9,18H,2,4-5H2/t8-,9-/m1/s1. The Morgan fingerprint density at radius 2 is 2.28 bits per heavy atom. The van der Waals surface area contributed by atoms with Gasteiger partial charge in [-0.2, -0.15) is 0 Å². The van der Waals surface area contributed by atoms with Crippen LogP contribution < -0.4 is 0 Å². The van der Waals surface area contributed by atoms with Crippen molar-refractivity contribution in [2.24, 2.45) is 5.92 Å². The van der Waals surface area contributed by atoms with E-state index in [1.54, 1.807) is 6.33 Å². The predicted molar refractivity (Wildman–Crippen MR) is 68.3 cm³/mol. The van der Waals surface area contributed by atoms with E-state index >= 15 is 0 Å². The highest BCUT2D eigenvalue weighted by Crippen LogP contribution is 2.29. The van der Waals surface area contributed by atoms with Gasteiger partial charge in [0.2, 0.25) is 0 Å². The van der Waals surface area contributed by atoms with Crippen molar-refractivity contribution in [3.05, 3.63) is 30.0 Å². The van der Waals surface area contributed by atoms with Crippen LogP contribution in [0, 0.1) is 5.92 Å². The van der Waals surface area contributed by atoms with Gasteiger partial charge in [0.15, 0.2) is 10.8 Å². The molecule has 2 atom stereocenters. The molecule has 1 aliphatic rings. The second-order valence-corrected chi connectivity index (χ2v) is 4.86. The zero-order valence-corrected chi connectivity index (χ0v) is 10.5. The first-order valence-corrected chi connectivity index (χ1v) is 6.28. The Morgan fingerprint density at radius 3 is 3.11 bits per heavy atom. The van der Waals surface area contributed by atoms with Crippen LogP contribution in [0.15, 0.2) is 24.8 Å². The minimum Gasteiger partial charge on any atom is -0.396 e. The number of aromatic nitrogens is 4. The molecular weight excluding hydrogens is 252 g/mol. The number of imidazole rings is 1. The van der Waals surface area contributed by atoms with Crippen LogP contribution in [0.1, 0.15) is 18.9 Å². The number of aliphatic hydroxyl groups excluding tert-OH is 1. The van der Waals surface area contributed by atoms with Crippen LogP contribution >= 0.6 is 11.6 Å². The zero-order chi connectivity index (χ0) is 12.5. The second-order valence-electron chi connectivity index (χ2n) is 4.50.